The Balaban J connectivity index is 1.66. The Kier molecular flexibility index (Phi) is 12.2. The minimum Gasteiger partial charge on any atom is -0.467 e. The van der Waals surface area contributed by atoms with Crippen LogP contribution in [0, 0.1) is 0 Å². The van der Waals surface area contributed by atoms with E-state index < -0.39 is 54.9 Å². The summed E-state index contributed by atoms with van der Waals surface area (Å²) in [5, 5.41) is 10.6. The van der Waals surface area contributed by atoms with Gasteiger partial charge in [-0.25, -0.2) is 9.59 Å². The normalized spacial score (nSPS) is 23.2. The fraction of sp³-hybridized carbons (Fsp3) is 0.394. The van der Waals surface area contributed by atoms with Gasteiger partial charge in [-0.3, -0.25) is 0 Å². The summed E-state index contributed by atoms with van der Waals surface area (Å²) >= 11 is 0. The number of carbonyl (C=O) groups excluding carboxylic acids is 2. The number of esters is 2. The molecule has 4 rings (SSSR count). The van der Waals surface area contributed by atoms with Crippen LogP contribution >= 0.6 is 0 Å². The monoisotopic (exact) mass is 594 g/mol. The third-order valence-corrected chi connectivity index (χ3v) is 7.03. The van der Waals surface area contributed by atoms with Crippen molar-refractivity contribution in [3.05, 3.63) is 108 Å². The number of carbonyl (C=O) groups is 2. The highest BCUT2D eigenvalue weighted by Gasteiger charge is 2.50. The smallest absolute Gasteiger partial charge is 0.338 e. The number of hydrogen-bond acceptors (Lipinski definition) is 10. The van der Waals surface area contributed by atoms with Gasteiger partial charge in [0.25, 0.3) is 0 Å². The summed E-state index contributed by atoms with van der Waals surface area (Å²) in [6.07, 6.45) is -7.94. The van der Waals surface area contributed by atoms with Gasteiger partial charge in [-0.15, -0.1) is 0 Å². The van der Waals surface area contributed by atoms with Crippen LogP contribution in [0.15, 0.2) is 91.0 Å². The lowest BCUT2D eigenvalue weighted by molar-refractivity contribution is -0.331. The van der Waals surface area contributed by atoms with E-state index in [1.165, 1.54) is 0 Å². The molecule has 1 heterocycles. The number of methoxy groups -OCH3 is 2. The van der Waals surface area contributed by atoms with Gasteiger partial charge in [0.2, 0.25) is 0 Å². The predicted molar refractivity (Wildman–Crippen MR) is 154 cm³/mol. The second-order valence-electron chi connectivity index (χ2n) is 10.0. The van der Waals surface area contributed by atoms with Gasteiger partial charge >= 0.3 is 11.9 Å². The lowest BCUT2D eigenvalue weighted by atomic mass is 9.98. The van der Waals surface area contributed by atoms with E-state index in [-0.39, 0.29) is 19.8 Å². The topological polar surface area (TPSA) is 119 Å². The van der Waals surface area contributed by atoms with Crippen molar-refractivity contribution >= 4 is 11.9 Å². The summed E-state index contributed by atoms with van der Waals surface area (Å²) in [6, 6.07) is 28.8. The van der Waals surface area contributed by atoms with E-state index in [4.69, 9.17) is 28.4 Å². The molecule has 0 saturated carbocycles. The highest BCUT2D eigenvalue weighted by molar-refractivity contribution is 5.85. The van der Waals surface area contributed by atoms with Crippen molar-refractivity contribution in [2.24, 2.45) is 0 Å². The Morgan fingerprint density at radius 2 is 1.09 bits per heavy atom. The lowest BCUT2D eigenvalue weighted by Gasteiger charge is -2.45. The van der Waals surface area contributed by atoms with E-state index in [0.29, 0.717) is 0 Å². The molecule has 43 heavy (non-hydrogen) atoms. The quantitative estimate of drug-likeness (QED) is 0.278. The summed E-state index contributed by atoms with van der Waals surface area (Å²) in [6.45, 7) is 2.46. The minimum atomic E-state index is -1.97. The van der Waals surface area contributed by atoms with Crippen molar-refractivity contribution in [2.45, 2.75) is 69.7 Å². The van der Waals surface area contributed by atoms with E-state index in [1.807, 2.05) is 91.0 Å². The molecule has 1 saturated heterocycles. The molecule has 7 atom stereocenters. The summed E-state index contributed by atoms with van der Waals surface area (Å²) in [7, 11) is 2.21. The molecular weight excluding hydrogens is 556 g/mol. The Bertz CT molecular complexity index is 1260. The molecule has 3 aromatic rings. The number of aliphatic hydroxyl groups excluding tert-OH is 1. The minimum absolute atomic E-state index is 0.155. The molecule has 10 nitrogen and oxygen atoms in total. The Labute approximate surface area is 251 Å². The van der Waals surface area contributed by atoms with E-state index in [9.17, 15) is 14.7 Å². The second kappa shape index (κ2) is 16.3. The van der Waals surface area contributed by atoms with E-state index in [0.717, 1.165) is 30.9 Å². The van der Waals surface area contributed by atoms with Crippen molar-refractivity contribution in [2.75, 3.05) is 14.2 Å². The van der Waals surface area contributed by atoms with Crippen LogP contribution in [0.4, 0.5) is 0 Å². The maximum Gasteiger partial charge on any atom is 0.338 e. The van der Waals surface area contributed by atoms with Crippen molar-refractivity contribution in [3.8, 4) is 0 Å². The first kappa shape index (κ1) is 32.3. The molecule has 0 amide bonds. The average molecular weight is 595 g/mol. The van der Waals surface area contributed by atoms with Crippen molar-refractivity contribution in [1.82, 2.24) is 0 Å². The highest BCUT2D eigenvalue weighted by Crippen LogP contribution is 2.32. The van der Waals surface area contributed by atoms with Gasteiger partial charge in [0.15, 0.2) is 18.5 Å². The van der Waals surface area contributed by atoms with Crippen LogP contribution in [0.2, 0.25) is 0 Å². The molecule has 0 spiro atoms. The summed E-state index contributed by atoms with van der Waals surface area (Å²) in [5.74, 6) is -2.05. The predicted octanol–water partition coefficient (Wildman–Crippen LogP) is 3.58. The average Bonchev–Trinajstić information content (AvgIpc) is 3.05. The Morgan fingerprint density at radius 1 is 0.674 bits per heavy atom. The van der Waals surface area contributed by atoms with Gasteiger partial charge in [-0.05, 0) is 23.6 Å². The number of hydrogen-bond donors (Lipinski definition) is 1. The van der Waals surface area contributed by atoms with Gasteiger partial charge in [0.05, 0.1) is 40.1 Å². The van der Waals surface area contributed by atoms with Crippen LogP contribution in [0.3, 0.4) is 0 Å². The molecule has 230 valence electrons. The summed E-state index contributed by atoms with van der Waals surface area (Å²) in [5.41, 5.74) is 2.77. The first-order chi connectivity index (χ1) is 20.9. The Morgan fingerprint density at radius 3 is 1.53 bits per heavy atom. The zero-order valence-electron chi connectivity index (χ0n) is 24.4. The summed E-state index contributed by atoms with van der Waals surface area (Å²) in [4.78, 5) is 24.9. The zero-order valence-corrected chi connectivity index (χ0v) is 24.4. The largest absolute Gasteiger partial charge is 0.467 e. The van der Waals surface area contributed by atoms with Gasteiger partial charge in [-0.2, -0.15) is 0 Å². The molecule has 3 aromatic carbocycles. The highest BCUT2D eigenvalue weighted by atomic mass is 16.7. The van der Waals surface area contributed by atoms with Gasteiger partial charge in [0, 0.05) is 0 Å². The SMILES string of the molecule is COC(=O)[C@H](O)[C@@H](O[C@@H]1O[C@@H](C)[C@@H](OCc2ccccc2)[C@@H](OCc2ccccc2)[C@@H]1OCc1ccccc1)C(=O)OC. The van der Waals surface area contributed by atoms with Crippen LogP contribution in [0.5, 0.6) is 0 Å². The molecular formula is C33H38O10. The van der Waals surface area contributed by atoms with Crippen LogP contribution < -0.4 is 0 Å². The van der Waals surface area contributed by atoms with Crippen LogP contribution in [-0.4, -0.2) is 74.2 Å². The number of rotatable bonds is 14. The maximum absolute atomic E-state index is 12.7. The molecule has 0 bridgehead atoms. The first-order valence-corrected chi connectivity index (χ1v) is 14.0. The van der Waals surface area contributed by atoms with Gasteiger partial charge < -0.3 is 38.3 Å². The third-order valence-electron chi connectivity index (χ3n) is 7.03. The molecule has 1 aliphatic rings. The van der Waals surface area contributed by atoms with Crippen LogP contribution in [-0.2, 0) is 62.6 Å². The van der Waals surface area contributed by atoms with Crippen LogP contribution in [0.1, 0.15) is 23.6 Å². The summed E-state index contributed by atoms with van der Waals surface area (Å²) < 4.78 is 40.9. The Hall–Kier alpha value is -3.64. The molecule has 1 N–H and O–H groups in total. The molecule has 1 aliphatic heterocycles. The fourth-order valence-corrected chi connectivity index (χ4v) is 4.74. The zero-order chi connectivity index (χ0) is 30.6. The van der Waals surface area contributed by atoms with Crippen molar-refractivity contribution in [1.29, 1.82) is 0 Å². The van der Waals surface area contributed by atoms with Crippen molar-refractivity contribution < 1.29 is 47.9 Å². The molecule has 0 unspecified atom stereocenters. The lowest BCUT2D eigenvalue weighted by Crippen LogP contribution is -2.61. The van der Waals surface area contributed by atoms with Crippen LogP contribution in [0.25, 0.3) is 0 Å². The van der Waals surface area contributed by atoms with Crippen molar-refractivity contribution in [3.63, 3.8) is 0 Å². The molecule has 10 heteroatoms. The molecule has 0 aliphatic carbocycles. The number of aliphatic hydroxyl groups is 1. The van der Waals surface area contributed by atoms with Gasteiger partial charge in [-0.1, -0.05) is 91.0 Å². The standard InChI is InChI=1S/C33H38O10/c1-22-27(39-19-23-13-7-4-8-14-23)29(40-20-24-15-9-5-10-16-24)30(41-21-25-17-11-6-12-18-25)33(42-22)43-28(32(36)38-3)26(34)31(35)37-2/h4-18,22,26-30,33-34H,19-21H2,1-3H3/t22-,26+,27+,28+,29+,30-,33-/m0/s1. The van der Waals surface area contributed by atoms with E-state index in [2.05, 4.69) is 4.74 Å². The molecule has 0 radical (unpaired) electrons. The third kappa shape index (κ3) is 8.93. The molecule has 0 aromatic heterocycles. The maximum atomic E-state index is 12.7. The first-order valence-electron chi connectivity index (χ1n) is 14.0. The fourth-order valence-electron chi connectivity index (χ4n) is 4.74. The van der Waals surface area contributed by atoms with E-state index in [1.54, 1.807) is 6.92 Å². The van der Waals surface area contributed by atoms with Gasteiger partial charge in [0.1, 0.15) is 18.3 Å². The number of ether oxygens (including phenoxy) is 7. The molecule has 1 fully saturated rings. The number of benzene rings is 3. The van der Waals surface area contributed by atoms with E-state index >= 15 is 0 Å². The second-order valence-corrected chi connectivity index (χ2v) is 10.0.